The summed E-state index contributed by atoms with van der Waals surface area (Å²) >= 11 is 1.42. The highest BCUT2D eigenvalue weighted by atomic mass is 35.5. The van der Waals surface area contributed by atoms with E-state index in [1.807, 2.05) is 16.7 Å². The van der Waals surface area contributed by atoms with Crippen molar-refractivity contribution in [3.8, 4) is 0 Å². The fourth-order valence-corrected chi connectivity index (χ4v) is 5.65. The van der Waals surface area contributed by atoms with Crippen molar-refractivity contribution in [2.45, 2.75) is 38.0 Å². The van der Waals surface area contributed by atoms with Gasteiger partial charge in [-0.05, 0) is 67.3 Å². The second kappa shape index (κ2) is 10.1. The van der Waals surface area contributed by atoms with E-state index in [0.29, 0.717) is 12.6 Å². The van der Waals surface area contributed by atoms with Crippen molar-refractivity contribution >= 4 is 57.6 Å². The summed E-state index contributed by atoms with van der Waals surface area (Å²) in [7, 11) is 0. The molecule has 0 bridgehead atoms. The molecule has 1 saturated heterocycles. The molecule has 180 valence electrons. The summed E-state index contributed by atoms with van der Waals surface area (Å²) in [6.45, 7) is 4.16. The zero-order chi connectivity index (χ0) is 21.7. The SMILES string of the molecule is Cl.Cl.O=c1ccc2ccc(=O)n3c2n1C[C@H]3CN1CCC(NCc2ccc3snnc3c2)CC1. The largest absolute Gasteiger partial charge is 0.310 e. The summed E-state index contributed by atoms with van der Waals surface area (Å²) < 4.78 is 8.70. The van der Waals surface area contributed by atoms with E-state index in [1.165, 1.54) is 17.1 Å². The Morgan fingerprint density at radius 1 is 1.00 bits per heavy atom. The monoisotopic (exact) mass is 520 g/mol. The second-order valence-corrected chi connectivity index (χ2v) is 9.57. The van der Waals surface area contributed by atoms with Gasteiger partial charge in [0, 0.05) is 43.2 Å². The van der Waals surface area contributed by atoms with Gasteiger partial charge < -0.3 is 10.2 Å². The van der Waals surface area contributed by atoms with Crippen LogP contribution in [0.1, 0.15) is 24.4 Å². The Hall–Kier alpha value is -2.30. The lowest BCUT2D eigenvalue weighted by Gasteiger charge is -2.34. The molecule has 1 N–H and O–H groups in total. The van der Waals surface area contributed by atoms with E-state index in [9.17, 15) is 9.59 Å². The maximum absolute atomic E-state index is 12.6. The summed E-state index contributed by atoms with van der Waals surface area (Å²) in [6, 6.07) is 13.7. The van der Waals surface area contributed by atoms with E-state index < -0.39 is 0 Å². The van der Waals surface area contributed by atoms with Gasteiger partial charge in [0.05, 0.1) is 10.7 Å². The first-order valence-corrected chi connectivity index (χ1v) is 11.8. The Morgan fingerprint density at radius 2 is 1.76 bits per heavy atom. The Bertz CT molecular complexity index is 1420. The first kappa shape index (κ1) is 24.8. The maximum Gasteiger partial charge on any atom is 0.252 e. The van der Waals surface area contributed by atoms with Crippen molar-refractivity contribution in [3.63, 3.8) is 0 Å². The van der Waals surface area contributed by atoms with Crippen LogP contribution in [0.2, 0.25) is 0 Å². The number of likely N-dealkylation sites (tertiary alicyclic amines) is 1. The van der Waals surface area contributed by atoms with Crippen molar-refractivity contribution in [1.82, 2.24) is 28.9 Å². The lowest BCUT2D eigenvalue weighted by molar-refractivity contribution is 0.171. The number of pyridine rings is 2. The molecular formula is C23H26Cl2N6O2S. The minimum atomic E-state index is -0.0334. The first-order valence-electron chi connectivity index (χ1n) is 11.1. The number of rotatable bonds is 5. The van der Waals surface area contributed by atoms with Gasteiger partial charge in [0.15, 0.2) is 0 Å². The molecule has 4 aromatic rings. The van der Waals surface area contributed by atoms with Gasteiger partial charge in [0.1, 0.15) is 11.2 Å². The molecule has 8 nitrogen and oxygen atoms in total. The minimum absolute atomic E-state index is 0. The predicted octanol–water partition coefficient (Wildman–Crippen LogP) is 2.82. The molecule has 1 fully saturated rings. The van der Waals surface area contributed by atoms with E-state index in [1.54, 1.807) is 16.7 Å². The molecular weight excluding hydrogens is 495 g/mol. The van der Waals surface area contributed by atoms with Crippen LogP contribution in [0.4, 0.5) is 0 Å². The normalized spacial score (nSPS) is 18.2. The van der Waals surface area contributed by atoms with Crippen molar-refractivity contribution in [2.75, 3.05) is 19.6 Å². The molecule has 11 heteroatoms. The third kappa shape index (κ3) is 4.50. The Labute approximate surface area is 212 Å². The van der Waals surface area contributed by atoms with Gasteiger partial charge in [-0.15, -0.1) is 29.9 Å². The van der Waals surface area contributed by atoms with Crippen LogP contribution in [0.15, 0.2) is 52.1 Å². The number of aromatic nitrogens is 4. The number of benzene rings is 1. The van der Waals surface area contributed by atoms with Gasteiger partial charge >= 0.3 is 0 Å². The summed E-state index contributed by atoms with van der Waals surface area (Å²) in [6.07, 6.45) is 2.14. The molecule has 6 rings (SSSR count). The van der Waals surface area contributed by atoms with Gasteiger partial charge in [0.25, 0.3) is 11.1 Å². The molecule has 0 radical (unpaired) electrons. The molecule has 2 aliphatic rings. The zero-order valence-electron chi connectivity index (χ0n) is 18.4. The Morgan fingerprint density at radius 3 is 2.56 bits per heavy atom. The average Bonchev–Trinajstić information content (AvgIpc) is 3.43. The van der Waals surface area contributed by atoms with Gasteiger partial charge in [-0.1, -0.05) is 10.6 Å². The van der Waals surface area contributed by atoms with Gasteiger partial charge in [-0.25, -0.2) is 0 Å². The minimum Gasteiger partial charge on any atom is -0.310 e. The number of piperidine rings is 1. The van der Waals surface area contributed by atoms with Crippen molar-refractivity contribution < 1.29 is 0 Å². The van der Waals surface area contributed by atoms with Crippen LogP contribution in [-0.4, -0.2) is 49.3 Å². The molecule has 3 aromatic heterocycles. The number of hydrogen-bond acceptors (Lipinski definition) is 7. The summed E-state index contributed by atoms with van der Waals surface area (Å²) in [4.78, 5) is 27.4. The van der Waals surface area contributed by atoms with Gasteiger partial charge in [-0.2, -0.15) is 0 Å². The van der Waals surface area contributed by atoms with Crippen LogP contribution < -0.4 is 16.4 Å². The van der Waals surface area contributed by atoms with Crippen LogP contribution >= 0.6 is 36.3 Å². The second-order valence-electron chi connectivity index (χ2n) is 8.79. The number of fused-ring (bicyclic) bond motifs is 1. The highest BCUT2D eigenvalue weighted by Crippen LogP contribution is 2.25. The Kier molecular flexibility index (Phi) is 7.39. The number of nitrogens with one attached hydrogen (secondary N) is 1. The molecule has 34 heavy (non-hydrogen) atoms. The zero-order valence-corrected chi connectivity index (χ0v) is 20.9. The van der Waals surface area contributed by atoms with E-state index in [0.717, 1.165) is 60.3 Å². The Balaban J connectivity index is 0.00000137. The van der Waals surface area contributed by atoms with Crippen LogP contribution in [0.3, 0.4) is 0 Å². The molecule has 5 heterocycles. The van der Waals surface area contributed by atoms with E-state index in [4.69, 9.17) is 0 Å². The topological polar surface area (TPSA) is 85.0 Å². The summed E-state index contributed by atoms with van der Waals surface area (Å²) in [5, 5.41) is 8.79. The molecule has 2 aliphatic heterocycles. The fourth-order valence-electron chi connectivity index (χ4n) is 5.11. The molecule has 0 saturated carbocycles. The molecule has 0 amide bonds. The molecule has 0 spiro atoms. The number of hydrogen-bond donors (Lipinski definition) is 1. The third-order valence-corrected chi connectivity index (χ3v) is 7.48. The van der Waals surface area contributed by atoms with Crippen LogP contribution in [0, 0.1) is 0 Å². The number of nitrogens with zero attached hydrogens (tertiary/aromatic N) is 5. The van der Waals surface area contributed by atoms with E-state index in [-0.39, 0.29) is 42.0 Å². The summed E-state index contributed by atoms with van der Waals surface area (Å²) in [5.41, 5.74) is 2.90. The van der Waals surface area contributed by atoms with Crippen molar-refractivity contribution in [3.05, 3.63) is 68.7 Å². The first-order chi connectivity index (χ1) is 15.7. The van der Waals surface area contributed by atoms with E-state index >= 15 is 0 Å². The molecule has 1 aromatic carbocycles. The smallest absolute Gasteiger partial charge is 0.252 e. The average molecular weight is 521 g/mol. The lowest BCUT2D eigenvalue weighted by atomic mass is 10.0. The molecule has 0 aliphatic carbocycles. The van der Waals surface area contributed by atoms with E-state index in [2.05, 4.69) is 38.0 Å². The van der Waals surface area contributed by atoms with Crippen LogP contribution in [0.5, 0.6) is 0 Å². The summed E-state index contributed by atoms with van der Waals surface area (Å²) in [5.74, 6) is 0. The fraction of sp³-hybridized carbons (Fsp3) is 0.391. The van der Waals surface area contributed by atoms with Gasteiger partial charge in [0.2, 0.25) is 0 Å². The van der Waals surface area contributed by atoms with Gasteiger partial charge in [-0.3, -0.25) is 18.7 Å². The van der Waals surface area contributed by atoms with Crippen LogP contribution in [0.25, 0.3) is 21.3 Å². The maximum atomic E-state index is 12.6. The standard InChI is InChI=1S/C23H24N6O2S.2ClH/c30-21-5-2-16-3-6-22(31)29-18(14-28(21)23(16)29)13-27-9-7-17(8-10-27)24-12-15-1-4-20-19(11-15)25-26-32-20;;/h1-6,11,17-18,24H,7-10,12-14H2;2*1H/t18-;;/m1../s1. The highest BCUT2D eigenvalue weighted by Gasteiger charge is 2.29. The molecule has 1 atom stereocenters. The highest BCUT2D eigenvalue weighted by molar-refractivity contribution is 7.12. The molecule has 0 unspecified atom stereocenters. The quantitative estimate of drug-likeness (QED) is 0.435. The van der Waals surface area contributed by atoms with Crippen molar-refractivity contribution in [1.29, 1.82) is 0 Å². The van der Waals surface area contributed by atoms with Crippen LogP contribution in [-0.2, 0) is 13.1 Å². The van der Waals surface area contributed by atoms with Crippen molar-refractivity contribution in [2.24, 2.45) is 0 Å². The lowest BCUT2D eigenvalue weighted by Crippen LogP contribution is -2.44. The third-order valence-electron chi connectivity index (χ3n) is 6.78. The predicted molar refractivity (Wildman–Crippen MR) is 140 cm³/mol. The number of halogens is 2.